The van der Waals surface area contributed by atoms with E-state index in [-0.39, 0.29) is 0 Å². The maximum Gasteiger partial charge on any atom is 0.0439 e. The van der Waals surface area contributed by atoms with Crippen LogP contribution < -0.4 is 5.32 Å². The second-order valence-electron chi connectivity index (χ2n) is 6.50. The summed E-state index contributed by atoms with van der Waals surface area (Å²) in [6, 6.07) is 19.6. The van der Waals surface area contributed by atoms with E-state index in [0.717, 1.165) is 6.54 Å². The summed E-state index contributed by atoms with van der Waals surface area (Å²) in [7, 11) is 0. The maximum absolute atomic E-state index is 3.81. The van der Waals surface area contributed by atoms with E-state index in [9.17, 15) is 0 Å². The lowest BCUT2D eigenvalue weighted by molar-refractivity contribution is 0.169. The number of nitrogens with zero attached hydrogens (tertiary/aromatic N) is 1. The van der Waals surface area contributed by atoms with Crippen LogP contribution >= 0.6 is 0 Å². The molecule has 0 radical (unpaired) electrons. The molecule has 2 aromatic rings. The van der Waals surface area contributed by atoms with Gasteiger partial charge in [-0.15, -0.1) is 0 Å². The second kappa shape index (κ2) is 5.19. The largest absolute Gasteiger partial charge is 0.379 e. The van der Waals surface area contributed by atoms with Crippen LogP contribution in [-0.2, 0) is 13.0 Å². The molecule has 0 aliphatic carbocycles. The molecule has 2 aromatic carbocycles. The minimum Gasteiger partial charge on any atom is -0.379 e. The van der Waals surface area contributed by atoms with Crippen LogP contribution in [-0.4, -0.2) is 23.5 Å². The molecule has 0 unspecified atom stereocenters. The molecule has 0 saturated carbocycles. The SMILES string of the molecule is c1ccc(CN2CCC3(CC2)Cc2ccccc2N3)cc1. The Bertz CT molecular complexity index is 585. The van der Waals surface area contributed by atoms with Gasteiger partial charge in [-0.05, 0) is 36.5 Å². The first kappa shape index (κ1) is 12.9. The minimum atomic E-state index is 0.316. The van der Waals surface area contributed by atoms with E-state index in [1.165, 1.54) is 49.2 Å². The summed E-state index contributed by atoms with van der Waals surface area (Å²) in [5, 5.41) is 3.81. The third kappa shape index (κ3) is 2.56. The summed E-state index contributed by atoms with van der Waals surface area (Å²) in [5.41, 5.74) is 4.59. The number of nitrogens with one attached hydrogen (secondary N) is 1. The monoisotopic (exact) mass is 278 g/mol. The van der Waals surface area contributed by atoms with Crippen LogP contribution in [0.25, 0.3) is 0 Å². The molecule has 1 N–H and O–H groups in total. The topological polar surface area (TPSA) is 15.3 Å². The number of rotatable bonds is 2. The molecule has 4 rings (SSSR count). The Morgan fingerprint density at radius 3 is 2.38 bits per heavy atom. The molecular weight excluding hydrogens is 256 g/mol. The van der Waals surface area contributed by atoms with Gasteiger partial charge in [0, 0.05) is 30.9 Å². The van der Waals surface area contributed by atoms with Gasteiger partial charge in [0.1, 0.15) is 0 Å². The Labute approximate surface area is 126 Å². The van der Waals surface area contributed by atoms with E-state index in [2.05, 4.69) is 64.8 Å². The Kier molecular flexibility index (Phi) is 3.19. The number of hydrogen-bond donors (Lipinski definition) is 1. The highest BCUT2D eigenvalue weighted by Crippen LogP contribution is 2.38. The van der Waals surface area contributed by atoms with Crippen LogP contribution in [0.15, 0.2) is 54.6 Å². The molecule has 0 aromatic heterocycles. The summed E-state index contributed by atoms with van der Waals surface area (Å²) in [5.74, 6) is 0. The van der Waals surface area contributed by atoms with Crippen molar-refractivity contribution in [3.05, 3.63) is 65.7 Å². The first-order valence-corrected chi connectivity index (χ1v) is 7.95. The molecule has 2 nitrogen and oxygen atoms in total. The lowest BCUT2D eigenvalue weighted by atomic mass is 9.85. The van der Waals surface area contributed by atoms with E-state index in [1.54, 1.807) is 0 Å². The molecule has 0 amide bonds. The zero-order chi connectivity index (χ0) is 14.1. The fourth-order valence-corrected chi connectivity index (χ4v) is 3.77. The number of fused-ring (bicyclic) bond motifs is 1. The summed E-state index contributed by atoms with van der Waals surface area (Å²) in [4.78, 5) is 2.59. The van der Waals surface area contributed by atoms with Crippen molar-refractivity contribution in [3.8, 4) is 0 Å². The molecule has 1 fully saturated rings. The van der Waals surface area contributed by atoms with Crippen molar-refractivity contribution < 1.29 is 0 Å². The smallest absolute Gasteiger partial charge is 0.0439 e. The quantitative estimate of drug-likeness (QED) is 0.901. The van der Waals surface area contributed by atoms with E-state index in [1.807, 2.05) is 0 Å². The number of benzene rings is 2. The van der Waals surface area contributed by atoms with Crippen LogP contribution in [0.4, 0.5) is 5.69 Å². The zero-order valence-corrected chi connectivity index (χ0v) is 12.4. The fraction of sp³-hybridized carbons (Fsp3) is 0.368. The van der Waals surface area contributed by atoms with Gasteiger partial charge in [0.25, 0.3) is 0 Å². The van der Waals surface area contributed by atoms with Crippen molar-refractivity contribution in [2.45, 2.75) is 31.3 Å². The molecule has 0 bridgehead atoms. The highest BCUT2D eigenvalue weighted by Gasteiger charge is 2.39. The Balaban J connectivity index is 1.40. The standard InChI is InChI=1S/C19H22N2/c1-2-6-16(7-3-1)15-21-12-10-19(11-13-21)14-17-8-4-5-9-18(17)20-19/h1-9,20H,10-15H2. The predicted molar refractivity (Wildman–Crippen MR) is 87.5 cm³/mol. The molecule has 0 atom stereocenters. The first-order valence-electron chi connectivity index (χ1n) is 7.95. The average Bonchev–Trinajstić information content (AvgIpc) is 2.89. The number of piperidine rings is 1. The molecule has 1 saturated heterocycles. The van der Waals surface area contributed by atoms with Gasteiger partial charge in [-0.1, -0.05) is 48.5 Å². The van der Waals surface area contributed by atoms with Crippen molar-refractivity contribution in [1.82, 2.24) is 4.90 Å². The van der Waals surface area contributed by atoms with Gasteiger partial charge in [-0.2, -0.15) is 0 Å². The zero-order valence-electron chi connectivity index (χ0n) is 12.4. The molecule has 2 heteroatoms. The van der Waals surface area contributed by atoms with Gasteiger partial charge in [-0.3, -0.25) is 4.90 Å². The molecule has 1 spiro atoms. The molecule has 108 valence electrons. The van der Waals surface area contributed by atoms with Gasteiger partial charge >= 0.3 is 0 Å². The van der Waals surface area contributed by atoms with Gasteiger partial charge in [0.05, 0.1) is 0 Å². The molecular formula is C19H22N2. The van der Waals surface area contributed by atoms with Crippen LogP contribution in [0, 0.1) is 0 Å². The van der Waals surface area contributed by atoms with Gasteiger partial charge in [0.2, 0.25) is 0 Å². The maximum atomic E-state index is 3.81. The molecule has 2 aliphatic rings. The Hall–Kier alpha value is -1.80. The van der Waals surface area contributed by atoms with Gasteiger partial charge < -0.3 is 5.32 Å². The summed E-state index contributed by atoms with van der Waals surface area (Å²) < 4.78 is 0. The van der Waals surface area contributed by atoms with E-state index in [4.69, 9.17) is 0 Å². The lowest BCUT2D eigenvalue weighted by Crippen LogP contribution is -2.47. The van der Waals surface area contributed by atoms with Crippen molar-refractivity contribution in [3.63, 3.8) is 0 Å². The number of hydrogen-bond acceptors (Lipinski definition) is 2. The minimum absolute atomic E-state index is 0.316. The summed E-state index contributed by atoms with van der Waals surface area (Å²) in [6.45, 7) is 3.47. The molecule has 2 heterocycles. The van der Waals surface area contributed by atoms with Crippen molar-refractivity contribution in [2.75, 3.05) is 18.4 Å². The summed E-state index contributed by atoms with van der Waals surface area (Å²) in [6.07, 6.45) is 3.69. The van der Waals surface area contributed by atoms with E-state index >= 15 is 0 Å². The average molecular weight is 278 g/mol. The highest BCUT2D eigenvalue weighted by molar-refractivity contribution is 5.59. The van der Waals surface area contributed by atoms with Crippen LogP contribution in [0.2, 0.25) is 0 Å². The second-order valence-corrected chi connectivity index (χ2v) is 6.50. The van der Waals surface area contributed by atoms with Gasteiger partial charge in [-0.25, -0.2) is 0 Å². The summed E-state index contributed by atoms with van der Waals surface area (Å²) >= 11 is 0. The van der Waals surface area contributed by atoms with E-state index < -0.39 is 0 Å². The van der Waals surface area contributed by atoms with E-state index in [0.29, 0.717) is 5.54 Å². The molecule has 2 aliphatic heterocycles. The number of anilines is 1. The normalized spacial score (nSPS) is 20.2. The third-order valence-corrected chi connectivity index (χ3v) is 5.01. The van der Waals surface area contributed by atoms with Crippen molar-refractivity contribution >= 4 is 5.69 Å². The highest BCUT2D eigenvalue weighted by atomic mass is 15.2. The van der Waals surface area contributed by atoms with Crippen molar-refractivity contribution in [1.29, 1.82) is 0 Å². The fourth-order valence-electron chi connectivity index (χ4n) is 3.77. The Morgan fingerprint density at radius 2 is 1.62 bits per heavy atom. The third-order valence-electron chi connectivity index (χ3n) is 5.01. The first-order chi connectivity index (χ1) is 10.3. The van der Waals surface area contributed by atoms with Crippen molar-refractivity contribution in [2.24, 2.45) is 0 Å². The molecule has 21 heavy (non-hydrogen) atoms. The number of likely N-dealkylation sites (tertiary alicyclic amines) is 1. The van der Waals surface area contributed by atoms with Gasteiger partial charge in [0.15, 0.2) is 0 Å². The number of para-hydroxylation sites is 1. The lowest BCUT2D eigenvalue weighted by Gasteiger charge is -2.40. The predicted octanol–water partition coefficient (Wildman–Crippen LogP) is 3.69. The Morgan fingerprint density at radius 1 is 0.905 bits per heavy atom. The van der Waals surface area contributed by atoms with Crippen LogP contribution in [0.3, 0.4) is 0 Å². The van der Waals surface area contributed by atoms with Crippen LogP contribution in [0.5, 0.6) is 0 Å². The van der Waals surface area contributed by atoms with Crippen LogP contribution in [0.1, 0.15) is 24.0 Å².